The molecule has 4 heteroatoms. The Balaban J connectivity index is 2.92. The number of pyridine rings is 1. The maximum atomic E-state index is 13.4. The van der Waals surface area contributed by atoms with Crippen LogP contribution in [0.1, 0.15) is 62.9 Å². The molecule has 0 unspecified atom stereocenters. The fraction of sp³-hybridized carbons (Fsp3) is 0.450. The lowest BCUT2D eigenvalue weighted by molar-refractivity contribution is -0.137. The highest BCUT2D eigenvalue weighted by Gasteiger charge is 2.32. The van der Waals surface area contributed by atoms with Crippen molar-refractivity contribution in [1.82, 2.24) is 4.98 Å². The average Bonchev–Trinajstić information content (AvgIpc) is 2.56. The summed E-state index contributed by atoms with van der Waals surface area (Å²) in [7, 11) is 0. The van der Waals surface area contributed by atoms with Gasteiger partial charge in [-0.15, -0.1) is 0 Å². The zero-order chi connectivity index (χ0) is 17.9. The van der Waals surface area contributed by atoms with Crippen LogP contribution in [0.5, 0.6) is 0 Å². The maximum absolute atomic E-state index is 13.4. The monoisotopic (exact) mass is 335 g/mol. The predicted octanol–water partition coefficient (Wildman–Crippen LogP) is 6.58. The van der Waals surface area contributed by atoms with E-state index in [0.29, 0.717) is 23.8 Å². The van der Waals surface area contributed by atoms with Gasteiger partial charge in [0.15, 0.2) is 0 Å². The van der Waals surface area contributed by atoms with E-state index < -0.39 is 11.7 Å². The number of fused-ring (bicyclic) bond motifs is 1. The van der Waals surface area contributed by atoms with Crippen molar-refractivity contribution in [3.8, 4) is 0 Å². The van der Waals surface area contributed by atoms with E-state index in [1.165, 1.54) is 12.1 Å². The third-order valence-corrected chi connectivity index (χ3v) is 4.40. The predicted molar refractivity (Wildman–Crippen MR) is 94.1 cm³/mol. The second kappa shape index (κ2) is 7.37. The molecule has 1 nitrogen and oxygen atoms in total. The summed E-state index contributed by atoms with van der Waals surface area (Å²) in [6.07, 6.45) is 2.28. The van der Waals surface area contributed by atoms with E-state index in [-0.39, 0.29) is 0 Å². The number of nitrogens with zero attached hydrogens (tertiary/aromatic N) is 1. The molecule has 0 aliphatic carbocycles. The number of alkyl halides is 3. The van der Waals surface area contributed by atoms with E-state index in [0.717, 1.165) is 35.1 Å². The zero-order valence-electron chi connectivity index (χ0n) is 14.7. The molecule has 2 aromatic rings. The van der Waals surface area contributed by atoms with Crippen molar-refractivity contribution in [1.29, 1.82) is 0 Å². The van der Waals surface area contributed by atoms with E-state index in [2.05, 4.69) is 4.98 Å². The van der Waals surface area contributed by atoms with Gasteiger partial charge in [-0.1, -0.05) is 33.8 Å². The van der Waals surface area contributed by atoms with E-state index in [1.807, 2.05) is 33.8 Å². The lowest BCUT2D eigenvalue weighted by atomic mass is 9.91. The fourth-order valence-corrected chi connectivity index (χ4v) is 3.24. The van der Waals surface area contributed by atoms with Crippen LogP contribution < -0.4 is 0 Å². The van der Waals surface area contributed by atoms with Gasteiger partial charge in [0.25, 0.3) is 0 Å². The second-order valence-corrected chi connectivity index (χ2v) is 5.86. The molecule has 0 radical (unpaired) electrons. The van der Waals surface area contributed by atoms with Crippen LogP contribution in [0.2, 0.25) is 0 Å². The van der Waals surface area contributed by atoms with Gasteiger partial charge >= 0.3 is 6.18 Å². The average molecular weight is 335 g/mol. The second-order valence-electron chi connectivity index (χ2n) is 5.86. The summed E-state index contributed by atoms with van der Waals surface area (Å²) < 4.78 is 40.3. The number of halogens is 3. The molecule has 0 aliphatic heterocycles. The third kappa shape index (κ3) is 3.47. The number of hydrogen-bond donors (Lipinski definition) is 0. The van der Waals surface area contributed by atoms with Crippen LogP contribution in [0.4, 0.5) is 13.2 Å². The van der Waals surface area contributed by atoms with Crippen molar-refractivity contribution >= 4 is 16.3 Å². The molecule has 1 aromatic carbocycles. The molecule has 1 aromatic heterocycles. The quantitative estimate of drug-likeness (QED) is 0.601. The van der Waals surface area contributed by atoms with Gasteiger partial charge in [0, 0.05) is 17.3 Å². The maximum Gasteiger partial charge on any atom is 0.416 e. The molecule has 130 valence electrons. The highest BCUT2D eigenvalue weighted by Crippen LogP contribution is 2.38. The van der Waals surface area contributed by atoms with Gasteiger partial charge in [-0.05, 0) is 59.9 Å². The molecule has 0 atom stereocenters. The van der Waals surface area contributed by atoms with Crippen molar-refractivity contribution in [2.24, 2.45) is 0 Å². The molecule has 24 heavy (non-hydrogen) atoms. The molecule has 0 saturated carbocycles. The van der Waals surface area contributed by atoms with Crippen molar-refractivity contribution in [2.75, 3.05) is 0 Å². The molecule has 0 N–H and O–H groups in total. The molecule has 2 rings (SSSR count). The van der Waals surface area contributed by atoms with Crippen LogP contribution in [0.25, 0.3) is 16.3 Å². The van der Waals surface area contributed by atoms with Gasteiger partial charge < -0.3 is 0 Å². The number of aryl methyl sites for hydroxylation is 2. The van der Waals surface area contributed by atoms with Gasteiger partial charge in [0.1, 0.15) is 0 Å². The Morgan fingerprint density at radius 1 is 1.04 bits per heavy atom. The first kappa shape index (κ1) is 18.5. The van der Waals surface area contributed by atoms with Gasteiger partial charge in [0.2, 0.25) is 0 Å². The lowest BCUT2D eigenvalue weighted by Crippen LogP contribution is -2.07. The van der Waals surface area contributed by atoms with Crippen LogP contribution in [0.3, 0.4) is 0 Å². The van der Waals surface area contributed by atoms with E-state index >= 15 is 0 Å². The molecule has 0 bridgehead atoms. The van der Waals surface area contributed by atoms with Crippen LogP contribution >= 0.6 is 0 Å². The topological polar surface area (TPSA) is 12.9 Å². The van der Waals surface area contributed by atoms with Crippen molar-refractivity contribution in [2.45, 2.75) is 59.6 Å². The summed E-state index contributed by atoms with van der Waals surface area (Å²) in [5.74, 6) is 0. The minimum Gasteiger partial charge on any atom is -0.260 e. The van der Waals surface area contributed by atoms with Crippen molar-refractivity contribution in [3.05, 3.63) is 46.8 Å². The minimum atomic E-state index is -4.35. The first-order valence-electron chi connectivity index (χ1n) is 8.58. The summed E-state index contributed by atoms with van der Waals surface area (Å²) in [4.78, 5) is 4.52. The number of hydrogen-bond acceptors (Lipinski definition) is 1. The summed E-state index contributed by atoms with van der Waals surface area (Å²) in [5, 5.41) is 1.50. The summed E-state index contributed by atoms with van der Waals surface area (Å²) >= 11 is 0. The molecule has 0 saturated heterocycles. The molecule has 1 heterocycles. The van der Waals surface area contributed by atoms with Crippen LogP contribution in [0.15, 0.2) is 24.4 Å². The van der Waals surface area contributed by atoms with Crippen LogP contribution in [-0.2, 0) is 19.0 Å². The zero-order valence-corrected chi connectivity index (χ0v) is 14.7. The molecular weight excluding hydrogens is 311 g/mol. The number of rotatable bonds is 5. The number of allylic oxidation sites excluding steroid dienone is 2. The Morgan fingerprint density at radius 2 is 1.75 bits per heavy atom. The van der Waals surface area contributed by atoms with Crippen LogP contribution in [0, 0.1) is 0 Å². The first-order valence-corrected chi connectivity index (χ1v) is 8.58. The summed E-state index contributed by atoms with van der Waals surface area (Å²) in [6.45, 7) is 7.92. The van der Waals surface area contributed by atoms with Crippen LogP contribution in [-0.4, -0.2) is 4.98 Å². The highest BCUT2D eigenvalue weighted by molar-refractivity contribution is 5.96. The number of benzene rings is 1. The van der Waals surface area contributed by atoms with Gasteiger partial charge in [-0.3, -0.25) is 4.98 Å². The molecular formula is C20H24F3N. The fourth-order valence-electron chi connectivity index (χ4n) is 3.24. The summed E-state index contributed by atoms with van der Waals surface area (Å²) in [5.41, 5.74) is 2.83. The molecule has 0 spiro atoms. The SMILES string of the molecule is CC/C=C(\CC)c1cc(C(F)(F)F)cc2c(CC)c(CC)ncc12. The van der Waals surface area contributed by atoms with Crippen molar-refractivity contribution in [3.63, 3.8) is 0 Å². The number of aromatic nitrogens is 1. The van der Waals surface area contributed by atoms with E-state index in [9.17, 15) is 13.2 Å². The van der Waals surface area contributed by atoms with Gasteiger partial charge in [0.05, 0.1) is 5.56 Å². The van der Waals surface area contributed by atoms with Gasteiger partial charge in [-0.2, -0.15) is 13.2 Å². The smallest absolute Gasteiger partial charge is 0.260 e. The molecule has 0 amide bonds. The Labute approximate surface area is 141 Å². The Kier molecular flexibility index (Phi) is 5.68. The lowest BCUT2D eigenvalue weighted by Gasteiger charge is -2.17. The standard InChI is InChI=1S/C20H24F3N/c1-5-9-13(6-2)16-10-14(20(21,22)23)11-17-15(7-3)19(8-4)24-12-18(16)17/h9-12H,5-8H2,1-4H3/b13-9+. The Hall–Kier alpha value is -1.84. The normalized spacial score (nSPS) is 12.9. The highest BCUT2D eigenvalue weighted by atomic mass is 19.4. The van der Waals surface area contributed by atoms with E-state index in [4.69, 9.17) is 0 Å². The van der Waals surface area contributed by atoms with Gasteiger partial charge in [-0.25, -0.2) is 0 Å². The molecule has 0 aliphatic rings. The largest absolute Gasteiger partial charge is 0.416 e. The first-order chi connectivity index (χ1) is 11.4. The van der Waals surface area contributed by atoms with E-state index in [1.54, 1.807) is 6.20 Å². The Bertz CT molecular complexity index is 758. The Morgan fingerprint density at radius 3 is 2.25 bits per heavy atom. The van der Waals surface area contributed by atoms with Crippen molar-refractivity contribution < 1.29 is 13.2 Å². The summed E-state index contributed by atoms with van der Waals surface area (Å²) in [6, 6.07) is 2.57. The molecule has 0 fully saturated rings. The minimum absolute atomic E-state index is 0.580. The third-order valence-electron chi connectivity index (χ3n) is 4.40.